The van der Waals surface area contributed by atoms with E-state index >= 15 is 0 Å². The Labute approximate surface area is 150 Å². The molecule has 0 bridgehead atoms. The first kappa shape index (κ1) is 17.9. The maximum absolute atomic E-state index is 12.4. The first-order valence-corrected chi connectivity index (χ1v) is 10.3. The highest BCUT2D eigenvalue weighted by atomic mass is 32.1. The molecule has 2 heterocycles. The van der Waals surface area contributed by atoms with E-state index in [9.17, 15) is 4.79 Å². The summed E-state index contributed by atoms with van der Waals surface area (Å²) in [5, 5.41) is 3.12. The molecule has 0 unspecified atom stereocenters. The van der Waals surface area contributed by atoms with E-state index in [1.54, 1.807) is 11.3 Å². The van der Waals surface area contributed by atoms with Crippen LogP contribution >= 0.6 is 11.3 Å². The molecule has 1 N–H and O–H groups in total. The lowest BCUT2D eigenvalue weighted by Gasteiger charge is -2.32. The quantitative estimate of drug-likeness (QED) is 0.830. The van der Waals surface area contributed by atoms with Gasteiger partial charge in [-0.25, -0.2) is 0 Å². The van der Waals surface area contributed by atoms with Crippen molar-refractivity contribution >= 4 is 17.2 Å². The Kier molecular flexibility index (Phi) is 6.69. The molecule has 0 atom stereocenters. The van der Waals surface area contributed by atoms with Crippen molar-refractivity contribution in [3.8, 4) is 0 Å². The van der Waals surface area contributed by atoms with E-state index < -0.39 is 0 Å². The summed E-state index contributed by atoms with van der Waals surface area (Å²) in [6.07, 6.45) is 8.59. The minimum absolute atomic E-state index is 0.130. The van der Waals surface area contributed by atoms with Crippen LogP contribution in [0.15, 0.2) is 6.07 Å². The number of likely N-dealkylation sites (N-methyl/N-ethyl adjacent to an activating group) is 1. The van der Waals surface area contributed by atoms with Gasteiger partial charge < -0.3 is 15.1 Å². The monoisotopic (exact) mass is 349 g/mol. The number of carbonyl (C=O) groups is 1. The van der Waals surface area contributed by atoms with Crippen LogP contribution in [0.4, 0.5) is 0 Å². The summed E-state index contributed by atoms with van der Waals surface area (Å²) >= 11 is 1.72. The van der Waals surface area contributed by atoms with Crippen LogP contribution in [0.2, 0.25) is 0 Å². The van der Waals surface area contributed by atoms with Crippen LogP contribution in [0, 0.1) is 0 Å². The first-order chi connectivity index (χ1) is 11.7. The fourth-order valence-corrected chi connectivity index (χ4v) is 4.79. The van der Waals surface area contributed by atoms with Gasteiger partial charge in [0.25, 0.3) is 5.91 Å². The van der Waals surface area contributed by atoms with Crippen molar-refractivity contribution < 1.29 is 4.79 Å². The van der Waals surface area contributed by atoms with Gasteiger partial charge in [-0.2, -0.15) is 0 Å². The van der Waals surface area contributed by atoms with Gasteiger partial charge in [0.1, 0.15) is 0 Å². The van der Waals surface area contributed by atoms with Crippen LogP contribution < -0.4 is 5.32 Å². The highest BCUT2D eigenvalue weighted by Gasteiger charge is 2.16. The van der Waals surface area contributed by atoms with E-state index in [0.29, 0.717) is 0 Å². The van der Waals surface area contributed by atoms with Crippen LogP contribution in [0.25, 0.3) is 0 Å². The minimum atomic E-state index is 0.130. The van der Waals surface area contributed by atoms with Crippen molar-refractivity contribution in [3.63, 3.8) is 0 Å². The number of hydrogen-bond acceptors (Lipinski definition) is 4. The predicted octanol–water partition coefficient (Wildman–Crippen LogP) is 2.77. The summed E-state index contributed by atoms with van der Waals surface area (Å²) < 4.78 is 0. The van der Waals surface area contributed by atoms with Crippen molar-refractivity contribution in [2.24, 2.45) is 0 Å². The van der Waals surface area contributed by atoms with Crippen LogP contribution in [0.5, 0.6) is 0 Å². The Bertz CT molecular complexity index is 509. The second kappa shape index (κ2) is 8.97. The molecule has 2 aliphatic rings. The number of fused-ring (bicyclic) bond motifs is 1. The fraction of sp³-hybridized carbons (Fsp3) is 0.737. The molecular weight excluding hydrogens is 318 g/mol. The summed E-state index contributed by atoms with van der Waals surface area (Å²) in [5.41, 5.74) is 1.43. The van der Waals surface area contributed by atoms with Crippen molar-refractivity contribution in [2.75, 3.05) is 46.3 Å². The molecule has 0 aromatic carbocycles. The Morgan fingerprint density at radius 3 is 2.67 bits per heavy atom. The SMILES string of the molecule is CN1CCN(CCCNC(=O)c2cc3c(s2)CCCCCC3)CC1. The zero-order chi connectivity index (χ0) is 16.8. The van der Waals surface area contributed by atoms with E-state index in [-0.39, 0.29) is 5.91 Å². The number of amides is 1. The standard InChI is InChI=1S/C19H31N3OS/c1-21-11-13-22(14-12-21)10-6-9-20-19(23)18-15-16-7-4-2-3-5-8-17(16)24-18/h15H,2-14H2,1H3,(H,20,23). The van der Waals surface area contributed by atoms with E-state index in [2.05, 4.69) is 28.2 Å². The third-order valence-corrected chi connectivity index (χ3v) is 6.49. The molecule has 1 aliphatic heterocycles. The van der Waals surface area contributed by atoms with Crippen LogP contribution in [0.1, 0.15) is 52.2 Å². The van der Waals surface area contributed by atoms with Crippen molar-refractivity contribution in [1.29, 1.82) is 0 Å². The number of aryl methyl sites for hydroxylation is 2. The molecule has 0 saturated carbocycles. The number of rotatable bonds is 5. The van der Waals surface area contributed by atoms with Gasteiger partial charge >= 0.3 is 0 Å². The smallest absolute Gasteiger partial charge is 0.261 e. The number of piperazine rings is 1. The van der Waals surface area contributed by atoms with Gasteiger partial charge in [0.15, 0.2) is 0 Å². The van der Waals surface area contributed by atoms with Gasteiger partial charge in [-0.15, -0.1) is 11.3 Å². The summed E-state index contributed by atoms with van der Waals surface area (Å²) in [5.74, 6) is 0.130. The number of carbonyl (C=O) groups excluding carboxylic acids is 1. The molecule has 0 radical (unpaired) electrons. The lowest BCUT2D eigenvalue weighted by atomic mass is 10.00. The number of nitrogens with zero attached hydrogens (tertiary/aromatic N) is 2. The topological polar surface area (TPSA) is 35.6 Å². The van der Waals surface area contributed by atoms with Crippen LogP contribution in [0.3, 0.4) is 0 Å². The normalized spacial score (nSPS) is 20.2. The Morgan fingerprint density at radius 1 is 1.12 bits per heavy atom. The summed E-state index contributed by atoms with van der Waals surface area (Å²) in [6, 6.07) is 2.15. The fourth-order valence-electron chi connectivity index (χ4n) is 3.62. The maximum atomic E-state index is 12.4. The average Bonchev–Trinajstić information content (AvgIpc) is 2.95. The highest BCUT2D eigenvalue weighted by Crippen LogP contribution is 2.28. The molecule has 3 rings (SSSR count). The van der Waals surface area contributed by atoms with E-state index in [1.165, 1.54) is 36.1 Å². The Hall–Kier alpha value is -0.910. The molecule has 1 fully saturated rings. The second-order valence-electron chi connectivity index (χ2n) is 7.23. The van der Waals surface area contributed by atoms with Gasteiger partial charge in [-0.3, -0.25) is 4.79 Å². The van der Waals surface area contributed by atoms with Gasteiger partial charge in [-0.1, -0.05) is 12.8 Å². The van der Waals surface area contributed by atoms with E-state index in [1.807, 2.05) is 0 Å². The molecule has 5 heteroatoms. The van der Waals surface area contributed by atoms with Crippen molar-refractivity contribution in [2.45, 2.75) is 44.9 Å². The summed E-state index contributed by atoms with van der Waals surface area (Å²) in [6.45, 7) is 6.51. The third kappa shape index (κ3) is 5.04. The zero-order valence-corrected chi connectivity index (χ0v) is 15.8. The molecule has 24 heavy (non-hydrogen) atoms. The van der Waals surface area contributed by atoms with Gasteiger partial charge in [-0.05, 0) is 57.3 Å². The van der Waals surface area contributed by atoms with Gasteiger partial charge in [0.2, 0.25) is 0 Å². The van der Waals surface area contributed by atoms with Crippen molar-refractivity contribution in [3.05, 3.63) is 21.4 Å². The first-order valence-electron chi connectivity index (χ1n) is 9.53. The number of nitrogens with one attached hydrogen (secondary N) is 1. The molecule has 1 aromatic heterocycles. The lowest BCUT2D eigenvalue weighted by Crippen LogP contribution is -2.45. The predicted molar refractivity (Wildman–Crippen MR) is 101 cm³/mol. The second-order valence-corrected chi connectivity index (χ2v) is 8.36. The number of thiophene rings is 1. The molecule has 1 aliphatic carbocycles. The Morgan fingerprint density at radius 2 is 1.88 bits per heavy atom. The largest absolute Gasteiger partial charge is 0.351 e. The van der Waals surface area contributed by atoms with Crippen LogP contribution in [-0.4, -0.2) is 62.0 Å². The van der Waals surface area contributed by atoms with Gasteiger partial charge in [0.05, 0.1) is 4.88 Å². The van der Waals surface area contributed by atoms with Crippen LogP contribution in [-0.2, 0) is 12.8 Å². The highest BCUT2D eigenvalue weighted by molar-refractivity contribution is 7.14. The third-order valence-electron chi connectivity index (χ3n) is 5.25. The molecule has 1 aromatic rings. The minimum Gasteiger partial charge on any atom is -0.351 e. The average molecular weight is 350 g/mol. The lowest BCUT2D eigenvalue weighted by molar-refractivity contribution is 0.0953. The number of hydrogen-bond donors (Lipinski definition) is 1. The zero-order valence-electron chi connectivity index (χ0n) is 15.0. The Balaban J connectivity index is 1.41. The molecule has 1 saturated heterocycles. The molecule has 1 amide bonds. The molecular formula is C19H31N3OS. The maximum Gasteiger partial charge on any atom is 0.261 e. The van der Waals surface area contributed by atoms with Crippen molar-refractivity contribution in [1.82, 2.24) is 15.1 Å². The molecule has 4 nitrogen and oxygen atoms in total. The van der Waals surface area contributed by atoms with E-state index in [0.717, 1.165) is 63.4 Å². The summed E-state index contributed by atoms with van der Waals surface area (Å²) in [7, 11) is 2.18. The van der Waals surface area contributed by atoms with E-state index in [4.69, 9.17) is 0 Å². The molecule has 134 valence electrons. The summed E-state index contributed by atoms with van der Waals surface area (Å²) in [4.78, 5) is 19.7. The molecule has 0 spiro atoms. The van der Waals surface area contributed by atoms with Gasteiger partial charge in [0, 0.05) is 37.6 Å².